The summed E-state index contributed by atoms with van der Waals surface area (Å²) in [5.41, 5.74) is 2.43. The number of aromatic nitrogens is 2. The van der Waals surface area contributed by atoms with E-state index < -0.39 is 0 Å². The fraction of sp³-hybridized carbons (Fsp3) is 0.111. The van der Waals surface area contributed by atoms with E-state index in [2.05, 4.69) is 20.9 Å². The number of aldehydes is 1. The first-order chi connectivity index (χ1) is 6.22. The fourth-order valence-electron chi connectivity index (χ4n) is 1.27. The number of hydrogen-bond donors (Lipinski definition) is 0. The molecule has 13 heavy (non-hydrogen) atoms. The normalized spacial score (nSPS) is 10.6. The van der Waals surface area contributed by atoms with Gasteiger partial charge in [-0.15, -0.1) is 0 Å². The summed E-state index contributed by atoms with van der Waals surface area (Å²) in [4.78, 5) is 14.9. The molecule has 0 aliphatic rings. The van der Waals surface area contributed by atoms with Crippen LogP contribution >= 0.6 is 15.9 Å². The molecule has 0 saturated carbocycles. The molecule has 2 aromatic heterocycles. The molecule has 0 aliphatic heterocycles. The van der Waals surface area contributed by atoms with Crippen LogP contribution in [0.4, 0.5) is 0 Å². The zero-order valence-electron chi connectivity index (χ0n) is 6.99. The summed E-state index contributed by atoms with van der Waals surface area (Å²) in [5.74, 6) is 0. The Kier molecular flexibility index (Phi) is 1.92. The van der Waals surface area contributed by atoms with Gasteiger partial charge in [-0.05, 0) is 28.9 Å². The van der Waals surface area contributed by atoms with Crippen molar-refractivity contribution in [3.05, 3.63) is 34.3 Å². The van der Waals surface area contributed by atoms with E-state index in [0.717, 1.165) is 22.0 Å². The van der Waals surface area contributed by atoms with Gasteiger partial charge in [-0.3, -0.25) is 9.78 Å². The summed E-state index contributed by atoms with van der Waals surface area (Å²) in [6.07, 6.45) is 4.41. The third kappa shape index (κ3) is 1.27. The van der Waals surface area contributed by atoms with Crippen LogP contribution in [0.25, 0.3) is 5.52 Å². The highest BCUT2D eigenvalue weighted by Crippen LogP contribution is 2.20. The van der Waals surface area contributed by atoms with Crippen molar-refractivity contribution >= 4 is 27.7 Å². The van der Waals surface area contributed by atoms with E-state index in [1.165, 1.54) is 0 Å². The first-order valence-corrected chi connectivity index (χ1v) is 4.60. The highest BCUT2D eigenvalue weighted by molar-refractivity contribution is 9.10. The standard InChI is InChI=1S/C9H7BrN2O/c1-6-4-12-7(3-11-6)2-8(10)9(12)5-13/h2-5H,1H3. The Morgan fingerprint density at radius 2 is 2.38 bits per heavy atom. The van der Waals surface area contributed by atoms with Gasteiger partial charge in [0.05, 0.1) is 17.4 Å². The molecule has 0 N–H and O–H groups in total. The fourth-order valence-corrected chi connectivity index (χ4v) is 1.79. The monoisotopic (exact) mass is 238 g/mol. The van der Waals surface area contributed by atoms with Crippen LogP contribution in [0, 0.1) is 6.92 Å². The molecule has 4 heteroatoms. The summed E-state index contributed by atoms with van der Waals surface area (Å²) in [6.45, 7) is 1.89. The van der Waals surface area contributed by atoms with Gasteiger partial charge < -0.3 is 4.40 Å². The number of fused-ring (bicyclic) bond motifs is 1. The highest BCUT2D eigenvalue weighted by Gasteiger charge is 2.06. The first kappa shape index (κ1) is 8.44. The lowest BCUT2D eigenvalue weighted by molar-refractivity contribution is 0.111. The topological polar surface area (TPSA) is 34.4 Å². The molecule has 0 radical (unpaired) electrons. The van der Waals surface area contributed by atoms with Crippen LogP contribution in [0.1, 0.15) is 16.2 Å². The van der Waals surface area contributed by atoms with Crippen LogP contribution in [0.3, 0.4) is 0 Å². The summed E-state index contributed by atoms with van der Waals surface area (Å²) < 4.78 is 2.62. The van der Waals surface area contributed by atoms with Gasteiger partial charge in [-0.2, -0.15) is 0 Å². The van der Waals surface area contributed by atoms with Gasteiger partial charge in [0.25, 0.3) is 0 Å². The van der Waals surface area contributed by atoms with Crippen molar-refractivity contribution < 1.29 is 4.79 Å². The number of aryl methyl sites for hydroxylation is 1. The number of nitrogens with zero attached hydrogens (tertiary/aromatic N) is 2. The minimum absolute atomic E-state index is 0.625. The van der Waals surface area contributed by atoms with Crippen LogP contribution < -0.4 is 0 Å². The van der Waals surface area contributed by atoms with E-state index in [4.69, 9.17) is 0 Å². The lowest BCUT2D eigenvalue weighted by Crippen LogP contribution is -1.93. The number of carbonyl (C=O) groups excluding carboxylic acids is 1. The minimum Gasteiger partial charge on any atom is -0.310 e. The molecule has 0 atom stereocenters. The molecule has 0 aliphatic carbocycles. The Morgan fingerprint density at radius 1 is 1.62 bits per heavy atom. The first-order valence-electron chi connectivity index (χ1n) is 3.81. The van der Waals surface area contributed by atoms with E-state index in [-0.39, 0.29) is 0 Å². The van der Waals surface area contributed by atoms with Crippen molar-refractivity contribution in [1.29, 1.82) is 0 Å². The number of hydrogen-bond acceptors (Lipinski definition) is 2. The quantitative estimate of drug-likeness (QED) is 0.715. The highest BCUT2D eigenvalue weighted by atomic mass is 79.9. The lowest BCUT2D eigenvalue weighted by atomic mass is 10.5. The molecule has 2 heterocycles. The molecular weight excluding hydrogens is 232 g/mol. The van der Waals surface area contributed by atoms with Crippen LogP contribution in [0.15, 0.2) is 22.9 Å². The number of halogens is 1. The van der Waals surface area contributed by atoms with Crippen LogP contribution in [0.2, 0.25) is 0 Å². The third-order valence-electron chi connectivity index (χ3n) is 1.89. The molecule has 2 rings (SSSR count). The average Bonchev–Trinajstić information content (AvgIpc) is 2.40. The van der Waals surface area contributed by atoms with Crippen LogP contribution in [-0.4, -0.2) is 15.7 Å². The Labute approximate surface area is 83.5 Å². The zero-order chi connectivity index (χ0) is 9.42. The summed E-state index contributed by atoms with van der Waals surface area (Å²) >= 11 is 3.31. The molecule has 0 fully saturated rings. The zero-order valence-corrected chi connectivity index (χ0v) is 8.58. The van der Waals surface area contributed by atoms with Gasteiger partial charge in [0, 0.05) is 10.7 Å². The van der Waals surface area contributed by atoms with Crippen molar-refractivity contribution in [2.75, 3.05) is 0 Å². The number of rotatable bonds is 1. The van der Waals surface area contributed by atoms with Crippen molar-refractivity contribution in [3.8, 4) is 0 Å². The van der Waals surface area contributed by atoms with Gasteiger partial charge in [0.1, 0.15) is 5.69 Å². The smallest absolute Gasteiger partial charge is 0.167 e. The molecule has 0 unspecified atom stereocenters. The molecule has 0 amide bonds. The van der Waals surface area contributed by atoms with Crippen LogP contribution in [0.5, 0.6) is 0 Å². The van der Waals surface area contributed by atoms with E-state index in [1.807, 2.05) is 23.6 Å². The Bertz CT molecular complexity index is 476. The molecule has 2 aromatic rings. The van der Waals surface area contributed by atoms with Crippen LogP contribution in [-0.2, 0) is 0 Å². The van der Waals surface area contributed by atoms with E-state index in [0.29, 0.717) is 5.69 Å². The SMILES string of the molecule is Cc1cn2c(C=O)c(Br)cc2cn1. The molecule has 0 spiro atoms. The molecule has 0 saturated heterocycles. The van der Waals surface area contributed by atoms with Crippen molar-refractivity contribution in [2.45, 2.75) is 6.92 Å². The molecule has 3 nitrogen and oxygen atoms in total. The molecule has 0 bridgehead atoms. The number of carbonyl (C=O) groups is 1. The Morgan fingerprint density at radius 3 is 3.08 bits per heavy atom. The molecule has 0 aromatic carbocycles. The van der Waals surface area contributed by atoms with Crippen molar-refractivity contribution in [2.24, 2.45) is 0 Å². The minimum atomic E-state index is 0.625. The van der Waals surface area contributed by atoms with Gasteiger partial charge in [-0.25, -0.2) is 0 Å². The molecular formula is C9H7BrN2O. The van der Waals surface area contributed by atoms with Crippen molar-refractivity contribution in [3.63, 3.8) is 0 Å². The van der Waals surface area contributed by atoms with Gasteiger partial charge >= 0.3 is 0 Å². The Balaban J connectivity index is 2.88. The predicted molar refractivity (Wildman–Crippen MR) is 53.0 cm³/mol. The molecule has 66 valence electrons. The van der Waals surface area contributed by atoms with Gasteiger partial charge in [-0.1, -0.05) is 0 Å². The maximum Gasteiger partial charge on any atom is 0.167 e. The van der Waals surface area contributed by atoms with Gasteiger partial charge in [0.2, 0.25) is 0 Å². The Hall–Kier alpha value is -1.16. The maximum absolute atomic E-state index is 10.7. The lowest BCUT2D eigenvalue weighted by Gasteiger charge is -1.97. The maximum atomic E-state index is 10.7. The second-order valence-electron chi connectivity index (χ2n) is 2.82. The predicted octanol–water partition coefficient (Wildman–Crippen LogP) is 2.22. The van der Waals surface area contributed by atoms with E-state index in [1.54, 1.807) is 6.20 Å². The second-order valence-corrected chi connectivity index (χ2v) is 3.67. The van der Waals surface area contributed by atoms with E-state index in [9.17, 15) is 4.79 Å². The average molecular weight is 239 g/mol. The largest absolute Gasteiger partial charge is 0.310 e. The summed E-state index contributed by atoms with van der Waals surface area (Å²) in [6, 6.07) is 1.87. The van der Waals surface area contributed by atoms with Crippen molar-refractivity contribution in [1.82, 2.24) is 9.38 Å². The van der Waals surface area contributed by atoms with Gasteiger partial charge in [0.15, 0.2) is 6.29 Å². The van der Waals surface area contributed by atoms with E-state index >= 15 is 0 Å². The third-order valence-corrected chi connectivity index (χ3v) is 2.52. The summed E-state index contributed by atoms with van der Waals surface area (Å²) in [7, 11) is 0. The summed E-state index contributed by atoms with van der Waals surface area (Å²) in [5, 5.41) is 0. The second kappa shape index (κ2) is 2.96.